The maximum atomic E-state index is 13.0. The van der Waals surface area contributed by atoms with E-state index in [4.69, 9.17) is 0 Å². The van der Waals surface area contributed by atoms with Crippen molar-refractivity contribution in [3.05, 3.63) is 44.8 Å². The molecule has 2 aromatic rings. The second kappa shape index (κ2) is 6.58. The summed E-state index contributed by atoms with van der Waals surface area (Å²) in [6.07, 6.45) is 0.610. The molecule has 2 aliphatic heterocycles. The predicted octanol–water partition coefficient (Wildman–Crippen LogP) is 2.82. The van der Waals surface area contributed by atoms with E-state index in [9.17, 15) is 14.4 Å². The van der Waals surface area contributed by atoms with Crippen LogP contribution in [-0.4, -0.2) is 45.5 Å². The van der Waals surface area contributed by atoms with Gasteiger partial charge in [0.15, 0.2) is 0 Å². The Kier molecular flexibility index (Phi) is 4.35. The lowest BCUT2D eigenvalue weighted by molar-refractivity contribution is -0.139. The minimum atomic E-state index is -0.999. The van der Waals surface area contributed by atoms with Crippen LogP contribution in [0.15, 0.2) is 40.1 Å². The number of rotatable bonds is 4. The molecular formula is C18H18N4O3S2. The number of carbonyl (C=O) groups is 3. The van der Waals surface area contributed by atoms with Gasteiger partial charge in [-0.3, -0.25) is 14.5 Å². The molecule has 4 amide bonds. The van der Waals surface area contributed by atoms with Crippen LogP contribution in [0.3, 0.4) is 0 Å². The smallest absolute Gasteiger partial charge is 0.324 e. The number of urea groups is 1. The molecule has 0 aromatic carbocycles. The summed E-state index contributed by atoms with van der Waals surface area (Å²) < 4.78 is 0. The minimum absolute atomic E-state index is 0.219. The number of thiophene rings is 2. The van der Waals surface area contributed by atoms with Crippen molar-refractivity contribution in [3.8, 4) is 0 Å². The first-order valence-electron chi connectivity index (χ1n) is 8.48. The molecule has 0 aliphatic carbocycles. The van der Waals surface area contributed by atoms with Gasteiger partial charge in [0.05, 0.1) is 16.6 Å². The first-order chi connectivity index (χ1) is 12.9. The first kappa shape index (κ1) is 17.9. The lowest BCUT2D eigenvalue weighted by atomic mass is 10.1. The van der Waals surface area contributed by atoms with Gasteiger partial charge in [0.2, 0.25) is 0 Å². The number of amides is 4. The van der Waals surface area contributed by atoms with Crippen molar-refractivity contribution in [1.82, 2.24) is 15.2 Å². The summed E-state index contributed by atoms with van der Waals surface area (Å²) in [4.78, 5) is 40.5. The number of carbonyl (C=O) groups excluding carboxylic acids is 3. The molecule has 7 nitrogen and oxygen atoms in total. The molecule has 2 aromatic heterocycles. The average molecular weight is 403 g/mol. The Bertz CT molecular complexity index is 919. The monoisotopic (exact) mass is 402 g/mol. The molecule has 27 heavy (non-hydrogen) atoms. The number of nitrogens with one attached hydrogen (secondary N) is 1. The molecule has 0 bridgehead atoms. The van der Waals surface area contributed by atoms with E-state index in [0.29, 0.717) is 6.42 Å². The van der Waals surface area contributed by atoms with Crippen LogP contribution in [0.4, 0.5) is 4.79 Å². The van der Waals surface area contributed by atoms with Gasteiger partial charge in [0.1, 0.15) is 12.1 Å². The van der Waals surface area contributed by atoms with Crippen molar-refractivity contribution in [1.29, 1.82) is 0 Å². The van der Waals surface area contributed by atoms with Gasteiger partial charge in [-0.15, -0.1) is 22.7 Å². The highest BCUT2D eigenvalue weighted by Gasteiger charge is 2.46. The fourth-order valence-corrected chi connectivity index (χ4v) is 4.74. The van der Waals surface area contributed by atoms with Crippen LogP contribution < -0.4 is 5.32 Å². The Balaban J connectivity index is 1.60. The van der Waals surface area contributed by atoms with Gasteiger partial charge < -0.3 is 5.32 Å². The van der Waals surface area contributed by atoms with Gasteiger partial charge in [0, 0.05) is 11.3 Å². The van der Waals surface area contributed by atoms with Crippen molar-refractivity contribution in [2.45, 2.75) is 31.8 Å². The molecule has 0 radical (unpaired) electrons. The molecule has 1 fully saturated rings. The van der Waals surface area contributed by atoms with E-state index in [0.717, 1.165) is 20.4 Å². The van der Waals surface area contributed by atoms with Gasteiger partial charge in [-0.1, -0.05) is 12.1 Å². The normalized spacial score (nSPS) is 21.6. The molecule has 0 saturated carbocycles. The summed E-state index contributed by atoms with van der Waals surface area (Å²) in [5, 5.41) is 12.5. The van der Waals surface area contributed by atoms with E-state index in [2.05, 4.69) is 10.4 Å². The fourth-order valence-electron chi connectivity index (χ4n) is 3.20. The van der Waals surface area contributed by atoms with Crippen LogP contribution in [0.1, 0.15) is 36.1 Å². The Morgan fingerprint density at radius 1 is 1.26 bits per heavy atom. The second-order valence-electron chi connectivity index (χ2n) is 6.94. The Morgan fingerprint density at radius 2 is 2.00 bits per heavy atom. The Morgan fingerprint density at radius 3 is 2.59 bits per heavy atom. The summed E-state index contributed by atoms with van der Waals surface area (Å²) in [6, 6.07) is 7.06. The molecule has 1 saturated heterocycles. The molecule has 0 spiro atoms. The van der Waals surface area contributed by atoms with E-state index >= 15 is 0 Å². The molecule has 1 N–H and O–H groups in total. The number of imide groups is 1. The first-order valence-corrected chi connectivity index (χ1v) is 10.2. The summed E-state index contributed by atoms with van der Waals surface area (Å²) >= 11 is 3.13. The molecule has 4 rings (SSSR count). The van der Waals surface area contributed by atoms with Crippen LogP contribution in [0.5, 0.6) is 0 Å². The summed E-state index contributed by atoms with van der Waals surface area (Å²) in [5.41, 5.74) is -0.157. The van der Waals surface area contributed by atoms with Crippen molar-refractivity contribution in [2.75, 3.05) is 6.54 Å². The molecule has 140 valence electrons. The Hall–Kier alpha value is -2.52. The minimum Gasteiger partial charge on any atom is -0.324 e. The van der Waals surface area contributed by atoms with Crippen molar-refractivity contribution in [2.24, 2.45) is 5.10 Å². The highest BCUT2D eigenvalue weighted by Crippen LogP contribution is 2.36. The molecule has 2 aliphatic rings. The summed E-state index contributed by atoms with van der Waals surface area (Å²) in [6.45, 7) is 2.92. The largest absolute Gasteiger partial charge is 0.325 e. The van der Waals surface area contributed by atoms with Crippen LogP contribution in [-0.2, 0) is 9.59 Å². The van der Waals surface area contributed by atoms with E-state index in [1.807, 2.05) is 35.0 Å². The van der Waals surface area contributed by atoms with Crippen LogP contribution >= 0.6 is 22.7 Å². The average Bonchev–Trinajstić information content (AvgIpc) is 3.39. The van der Waals surface area contributed by atoms with E-state index in [1.165, 1.54) is 5.01 Å². The number of hydrogen-bond acceptors (Lipinski definition) is 6. The molecule has 9 heteroatoms. The van der Waals surface area contributed by atoms with Gasteiger partial charge in [-0.05, 0) is 36.7 Å². The lowest BCUT2D eigenvalue weighted by Gasteiger charge is -2.23. The van der Waals surface area contributed by atoms with Gasteiger partial charge in [-0.2, -0.15) is 5.10 Å². The van der Waals surface area contributed by atoms with Crippen LogP contribution in [0.25, 0.3) is 0 Å². The number of hydrogen-bond donors (Lipinski definition) is 1. The number of hydrazone groups is 1. The van der Waals surface area contributed by atoms with Gasteiger partial charge in [-0.25, -0.2) is 9.80 Å². The fraction of sp³-hybridized carbons (Fsp3) is 0.333. The standard InChI is InChI=1S/C18H18N4O3S2/c1-18(2)16(24)21(17(25)19-18)10-15(23)22-12(14-6-4-8-27-14)9-11(20-22)13-5-3-7-26-13/h3-8,12H,9-10H2,1-2H3,(H,19,25)/t12-/m0/s1. The third-order valence-electron chi connectivity index (χ3n) is 4.58. The summed E-state index contributed by atoms with van der Waals surface area (Å²) in [7, 11) is 0. The molecule has 0 unspecified atom stereocenters. The Labute approximate surface area is 164 Å². The lowest BCUT2D eigenvalue weighted by Crippen LogP contribution is -2.43. The highest BCUT2D eigenvalue weighted by atomic mass is 32.1. The van der Waals surface area contributed by atoms with E-state index < -0.39 is 17.5 Å². The molecule has 4 heterocycles. The zero-order valence-electron chi connectivity index (χ0n) is 14.8. The molecular weight excluding hydrogens is 384 g/mol. The van der Waals surface area contributed by atoms with Gasteiger partial charge >= 0.3 is 6.03 Å². The predicted molar refractivity (Wildman–Crippen MR) is 104 cm³/mol. The van der Waals surface area contributed by atoms with E-state index in [1.54, 1.807) is 36.5 Å². The maximum Gasteiger partial charge on any atom is 0.325 e. The zero-order chi connectivity index (χ0) is 19.2. The molecule has 1 atom stereocenters. The maximum absolute atomic E-state index is 13.0. The van der Waals surface area contributed by atoms with Crippen LogP contribution in [0, 0.1) is 0 Å². The SMILES string of the molecule is CC1(C)NC(=O)N(CC(=O)N2N=C(c3cccs3)C[C@H]2c2cccs2)C1=O. The highest BCUT2D eigenvalue weighted by molar-refractivity contribution is 7.12. The van der Waals surface area contributed by atoms with Crippen molar-refractivity contribution in [3.63, 3.8) is 0 Å². The third-order valence-corrected chi connectivity index (χ3v) is 6.47. The third kappa shape index (κ3) is 3.17. The number of nitrogens with zero attached hydrogens (tertiary/aromatic N) is 3. The van der Waals surface area contributed by atoms with Crippen molar-refractivity contribution < 1.29 is 14.4 Å². The second-order valence-corrected chi connectivity index (χ2v) is 8.87. The van der Waals surface area contributed by atoms with E-state index in [-0.39, 0.29) is 18.5 Å². The summed E-state index contributed by atoms with van der Waals surface area (Å²) in [5.74, 6) is -0.781. The van der Waals surface area contributed by atoms with Crippen LogP contribution in [0.2, 0.25) is 0 Å². The zero-order valence-corrected chi connectivity index (χ0v) is 16.5. The van der Waals surface area contributed by atoms with Gasteiger partial charge in [0.25, 0.3) is 11.8 Å². The topological polar surface area (TPSA) is 82.1 Å². The quantitative estimate of drug-likeness (QED) is 0.799. The van der Waals surface area contributed by atoms with Crippen molar-refractivity contribution >= 4 is 46.2 Å².